The Bertz CT molecular complexity index is 731. The molecule has 1 amide bonds. The second-order valence-corrected chi connectivity index (χ2v) is 6.61. The van der Waals surface area contributed by atoms with Crippen molar-refractivity contribution in [1.82, 2.24) is 15.1 Å². The van der Waals surface area contributed by atoms with E-state index < -0.39 is 0 Å². The van der Waals surface area contributed by atoms with Crippen molar-refractivity contribution in [3.05, 3.63) is 46.2 Å². The molecule has 1 saturated heterocycles. The minimum Gasteiger partial charge on any atom is -0.471 e. The fraction of sp³-hybridized carbons (Fsp3) is 0.444. The number of nitrogens with zero attached hydrogens (tertiary/aromatic N) is 2. The van der Waals surface area contributed by atoms with Gasteiger partial charge in [0.25, 0.3) is 5.91 Å². The van der Waals surface area contributed by atoms with Crippen LogP contribution >= 0.6 is 11.6 Å². The van der Waals surface area contributed by atoms with Crippen LogP contribution in [0.4, 0.5) is 0 Å². The van der Waals surface area contributed by atoms with Crippen LogP contribution in [0.2, 0.25) is 5.02 Å². The smallest absolute Gasteiger partial charge is 0.271 e. The number of rotatable bonds is 6. The first-order valence-corrected chi connectivity index (χ1v) is 8.73. The summed E-state index contributed by atoms with van der Waals surface area (Å²) in [5.74, 6) is 0.520. The number of amides is 1. The molecule has 0 aliphatic carbocycles. The first kappa shape index (κ1) is 17.8. The maximum Gasteiger partial charge on any atom is 0.271 e. The zero-order valence-electron chi connectivity index (χ0n) is 14.4. The molecule has 1 aliphatic heterocycles. The number of hydrogen-bond acceptors (Lipinski definition) is 4. The number of nitrogens with one attached hydrogen (secondary N) is 1. The van der Waals surface area contributed by atoms with Gasteiger partial charge in [-0.25, -0.2) is 4.68 Å². The summed E-state index contributed by atoms with van der Waals surface area (Å²) >= 11 is 6.16. The number of aromatic nitrogens is 2. The van der Waals surface area contributed by atoms with Gasteiger partial charge in [0.15, 0.2) is 6.73 Å². The van der Waals surface area contributed by atoms with Crippen molar-refractivity contribution in [2.45, 2.75) is 39.5 Å². The van der Waals surface area contributed by atoms with E-state index in [1.165, 1.54) is 0 Å². The average Bonchev–Trinajstić information content (AvgIpc) is 3.27. The Morgan fingerprint density at radius 3 is 2.88 bits per heavy atom. The van der Waals surface area contributed by atoms with Gasteiger partial charge in [0, 0.05) is 24.4 Å². The third-order valence-electron chi connectivity index (χ3n) is 4.16. The van der Waals surface area contributed by atoms with E-state index in [1.807, 2.05) is 26.0 Å². The zero-order valence-corrected chi connectivity index (χ0v) is 15.2. The quantitative estimate of drug-likeness (QED) is 0.856. The Hall–Kier alpha value is -2.05. The van der Waals surface area contributed by atoms with E-state index in [0.717, 1.165) is 41.3 Å². The Morgan fingerprint density at radius 2 is 2.20 bits per heavy atom. The maximum absolute atomic E-state index is 12.1. The van der Waals surface area contributed by atoms with E-state index in [-0.39, 0.29) is 18.7 Å². The van der Waals surface area contributed by atoms with E-state index in [1.54, 1.807) is 16.9 Å². The number of carbonyl (C=O) groups excluding carboxylic acids is 1. The second-order valence-electron chi connectivity index (χ2n) is 6.23. The summed E-state index contributed by atoms with van der Waals surface area (Å²) in [6, 6.07) is 5.44. The summed E-state index contributed by atoms with van der Waals surface area (Å²) in [5, 5.41) is 7.85. The highest BCUT2D eigenvalue weighted by Crippen LogP contribution is 2.26. The van der Waals surface area contributed by atoms with Crippen LogP contribution in [-0.4, -0.2) is 34.9 Å². The van der Waals surface area contributed by atoms with E-state index in [2.05, 4.69) is 10.4 Å². The minimum atomic E-state index is -0.201. The van der Waals surface area contributed by atoms with Gasteiger partial charge in [-0.05, 0) is 56.0 Å². The second kappa shape index (κ2) is 7.89. The van der Waals surface area contributed by atoms with Crippen LogP contribution in [0.5, 0.6) is 5.75 Å². The predicted octanol–water partition coefficient (Wildman–Crippen LogP) is 3.10. The molecule has 0 radical (unpaired) electrons. The molecule has 3 rings (SSSR count). The Labute approximate surface area is 152 Å². The van der Waals surface area contributed by atoms with Crippen molar-refractivity contribution in [2.24, 2.45) is 0 Å². The summed E-state index contributed by atoms with van der Waals surface area (Å²) in [6.45, 7) is 5.39. The van der Waals surface area contributed by atoms with E-state index in [0.29, 0.717) is 12.2 Å². The van der Waals surface area contributed by atoms with E-state index in [4.69, 9.17) is 21.1 Å². The van der Waals surface area contributed by atoms with Crippen molar-refractivity contribution < 1.29 is 14.3 Å². The van der Waals surface area contributed by atoms with Gasteiger partial charge in [-0.2, -0.15) is 5.10 Å². The molecule has 1 atom stereocenters. The van der Waals surface area contributed by atoms with Gasteiger partial charge >= 0.3 is 0 Å². The van der Waals surface area contributed by atoms with Crippen molar-refractivity contribution >= 4 is 17.5 Å². The molecular formula is C18H22ClN3O3. The summed E-state index contributed by atoms with van der Waals surface area (Å²) in [4.78, 5) is 12.1. The molecule has 1 N–H and O–H groups in total. The maximum atomic E-state index is 12.1. The van der Waals surface area contributed by atoms with Gasteiger partial charge < -0.3 is 14.8 Å². The summed E-state index contributed by atoms with van der Waals surface area (Å²) in [7, 11) is 0. The van der Waals surface area contributed by atoms with Crippen LogP contribution in [0.1, 0.15) is 34.5 Å². The number of carbonyl (C=O) groups is 1. The molecule has 1 aromatic carbocycles. The molecule has 0 saturated carbocycles. The molecule has 7 heteroatoms. The van der Waals surface area contributed by atoms with Gasteiger partial charge in [0.1, 0.15) is 11.4 Å². The van der Waals surface area contributed by atoms with Crippen molar-refractivity contribution in [3.63, 3.8) is 0 Å². The summed E-state index contributed by atoms with van der Waals surface area (Å²) in [5.41, 5.74) is 2.29. The lowest BCUT2D eigenvalue weighted by atomic mass is 10.1. The largest absolute Gasteiger partial charge is 0.471 e. The molecule has 1 unspecified atom stereocenters. The third-order valence-corrected chi connectivity index (χ3v) is 4.76. The van der Waals surface area contributed by atoms with Crippen LogP contribution in [0.25, 0.3) is 0 Å². The fourth-order valence-electron chi connectivity index (χ4n) is 2.79. The Kier molecular flexibility index (Phi) is 5.60. The average molecular weight is 364 g/mol. The predicted molar refractivity (Wildman–Crippen MR) is 95.1 cm³/mol. The molecule has 2 heterocycles. The lowest BCUT2D eigenvalue weighted by Gasteiger charge is -2.10. The number of halogens is 1. The highest BCUT2D eigenvalue weighted by molar-refractivity contribution is 6.32. The normalized spacial score (nSPS) is 16.8. The molecule has 134 valence electrons. The molecule has 6 nitrogen and oxygen atoms in total. The standard InChI is InChI=1S/C18H22ClN3O3/c1-12-8-15(9-13(2)17(12)19)25-11-22-6-5-16(21-22)18(23)20-10-14-4-3-7-24-14/h5-6,8-9,14H,3-4,7,10-11H2,1-2H3,(H,20,23). The molecule has 0 bridgehead atoms. The third kappa shape index (κ3) is 4.52. The van der Waals surface area contributed by atoms with E-state index >= 15 is 0 Å². The molecular weight excluding hydrogens is 342 g/mol. The van der Waals surface area contributed by atoms with Crippen LogP contribution in [-0.2, 0) is 11.5 Å². The van der Waals surface area contributed by atoms with Gasteiger partial charge in [-0.15, -0.1) is 0 Å². The van der Waals surface area contributed by atoms with Crippen LogP contribution in [0.3, 0.4) is 0 Å². The van der Waals surface area contributed by atoms with Crippen molar-refractivity contribution in [2.75, 3.05) is 13.2 Å². The van der Waals surface area contributed by atoms with Crippen LogP contribution in [0.15, 0.2) is 24.4 Å². The zero-order chi connectivity index (χ0) is 17.8. The van der Waals surface area contributed by atoms with E-state index in [9.17, 15) is 4.79 Å². The lowest BCUT2D eigenvalue weighted by molar-refractivity contribution is 0.0852. The van der Waals surface area contributed by atoms with Gasteiger partial charge in [-0.1, -0.05) is 11.6 Å². The van der Waals surface area contributed by atoms with Gasteiger partial charge in [-0.3, -0.25) is 4.79 Å². The molecule has 1 fully saturated rings. The van der Waals surface area contributed by atoms with Crippen molar-refractivity contribution in [1.29, 1.82) is 0 Å². The molecule has 2 aromatic rings. The Morgan fingerprint density at radius 1 is 1.44 bits per heavy atom. The highest BCUT2D eigenvalue weighted by atomic mass is 35.5. The fourth-order valence-corrected chi connectivity index (χ4v) is 2.90. The highest BCUT2D eigenvalue weighted by Gasteiger charge is 2.17. The van der Waals surface area contributed by atoms with Gasteiger partial charge in [0.05, 0.1) is 6.10 Å². The van der Waals surface area contributed by atoms with Crippen LogP contribution in [0, 0.1) is 13.8 Å². The van der Waals surface area contributed by atoms with Crippen molar-refractivity contribution in [3.8, 4) is 5.75 Å². The minimum absolute atomic E-state index is 0.116. The monoisotopic (exact) mass is 363 g/mol. The number of benzene rings is 1. The molecule has 1 aromatic heterocycles. The number of aryl methyl sites for hydroxylation is 2. The Balaban J connectivity index is 1.53. The molecule has 0 spiro atoms. The lowest BCUT2D eigenvalue weighted by Crippen LogP contribution is -2.32. The summed E-state index contributed by atoms with van der Waals surface area (Å²) in [6.07, 6.45) is 3.88. The topological polar surface area (TPSA) is 65.4 Å². The number of hydrogen-bond donors (Lipinski definition) is 1. The first-order chi connectivity index (χ1) is 12.0. The van der Waals surface area contributed by atoms with Gasteiger partial charge in [0.2, 0.25) is 0 Å². The number of ether oxygens (including phenoxy) is 2. The molecule has 1 aliphatic rings. The van der Waals surface area contributed by atoms with Crippen LogP contribution < -0.4 is 10.1 Å². The first-order valence-electron chi connectivity index (χ1n) is 8.36. The summed E-state index contributed by atoms with van der Waals surface area (Å²) < 4.78 is 12.8. The molecule has 25 heavy (non-hydrogen) atoms. The SMILES string of the molecule is Cc1cc(OCn2ccc(C(=O)NCC3CCCO3)n2)cc(C)c1Cl.